The number of nitrogens with two attached hydrogens (primary N) is 1. The molecule has 2 unspecified atom stereocenters. The summed E-state index contributed by atoms with van der Waals surface area (Å²) in [7, 11) is 2.20. The van der Waals surface area contributed by atoms with Gasteiger partial charge in [0.2, 0.25) is 0 Å². The van der Waals surface area contributed by atoms with Crippen LogP contribution in [0.5, 0.6) is 0 Å². The molecule has 0 saturated carbocycles. The van der Waals surface area contributed by atoms with E-state index in [-0.39, 0.29) is 5.91 Å². The molecule has 1 aromatic rings. The Balaban J connectivity index is 1.73. The van der Waals surface area contributed by atoms with E-state index in [4.69, 9.17) is 5.73 Å². The van der Waals surface area contributed by atoms with E-state index in [0.717, 1.165) is 19.5 Å². The van der Waals surface area contributed by atoms with Crippen molar-refractivity contribution in [3.63, 3.8) is 0 Å². The number of nitrogens with zero attached hydrogens (tertiary/aromatic N) is 3. The zero-order valence-electron chi connectivity index (χ0n) is 12.0. The van der Waals surface area contributed by atoms with Crippen LogP contribution >= 0.6 is 0 Å². The molecule has 1 aromatic heterocycles. The van der Waals surface area contributed by atoms with Crippen LogP contribution in [-0.4, -0.2) is 53.4 Å². The number of nitrogen functional groups attached to an aromatic ring is 1. The molecular weight excluding hydrogens is 252 g/mol. The van der Waals surface area contributed by atoms with Crippen molar-refractivity contribution in [1.82, 2.24) is 14.8 Å². The fraction of sp³-hybridized carbons (Fsp3) is 0.600. The molecule has 3 heterocycles. The number of rotatable bonds is 1. The molecule has 2 aliphatic heterocycles. The average Bonchev–Trinajstić information content (AvgIpc) is 2.47. The molecule has 0 aromatic carbocycles. The summed E-state index contributed by atoms with van der Waals surface area (Å²) in [6.45, 7) is 2.85. The summed E-state index contributed by atoms with van der Waals surface area (Å²) < 4.78 is 0. The van der Waals surface area contributed by atoms with Gasteiger partial charge in [0.15, 0.2) is 0 Å². The minimum atomic E-state index is 0.0299. The van der Waals surface area contributed by atoms with Gasteiger partial charge in [-0.2, -0.15) is 0 Å². The second kappa shape index (κ2) is 5.40. The number of aromatic nitrogens is 1. The van der Waals surface area contributed by atoms with E-state index in [9.17, 15) is 4.79 Å². The van der Waals surface area contributed by atoms with Gasteiger partial charge in [-0.05, 0) is 50.9 Å². The maximum Gasteiger partial charge on any atom is 0.257 e. The van der Waals surface area contributed by atoms with Crippen molar-refractivity contribution in [2.45, 2.75) is 25.3 Å². The third-order valence-electron chi connectivity index (χ3n) is 4.70. The predicted octanol–water partition coefficient (Wildman–Crippen LogP) is 1.22. The van der Waals surface area contributed by atoms with Gasteiger partial charge in [-0.15, -0.1) is 0 Å². The standard InChI is InChI=1S/C15H22N4O/c1-18-8-3-4-11-10-19(9-6-13(11)18)15(20)12-5-2-7-17-14(12)16/h2,5,7,11,13H,3-4,6,8-10H2,1H3,(H2,16,17). The van der Waals surface area contributed by atoms with Crippen molar-refractivity contribution in [3.05, 3.63) is 23.9 Å². The molecule has 2 saturated heterocycles. The Morgan fingerprint density at radius 1 is 1.40 bits per heavy atom. The highest BCUT2D eigenvalue weighted by atomic mass is 16.2. The Bertz CT molecular complexity index is 504. The first-order valence-corrected chi connectivity index (χ1v) is 7.37. The zero-order valence-corrected chi connectivity index (χ0v) is 12.0. The van der Waals surface area contributed by atoms with Crippen LogP contribution < -0.4 is 5.73 Å². The zero-order chi connectivity index (χ0) is 14.1. The van der Waals surface area contributed by atoms with Gasteiger partial charge < -0.3 is 15.5 Å². The molecular formula is C15H22N4O. The van der Waals surface area contributed by atoms with Gasteiger partial charge in [0.25, 0.3) is 5.91 Å². The smallest absolute Gasteiger partial charge is 0.257 e. The molecule has 1 amide bonds. The van der Waals surface area contributed by atoms with Crippen molar-refractivity contribution in [2.24, 2.45) is 5.92 Å². The van der Waals surface area contributed by atoms with E-state index in [1.807, 2.05) is 4.90 Å². The summed E-state index contributed by atoms with van der Waals surface area (Å²) in [5, 5.41) is 0. The van der Waals surface area contributed by atoms with Gasteiger partial charge in [0, 0.05) is 25.3 Å². The molecule has 108 valence electrons. The molecule has 0 aliphatic carbocycles. The topological polar surface area (TPSA) is 62.5 Å². The van der Waals surface area contributed by atoms with Crippen LogP contribution in [0.25, 0.3) is 0 Å². The largest absolute Gasteiger partial charge is 0.383 e. The maximum atomic E-state index is 12.6. The molecule has 5 nitrogen and oxygen atoms in total. The molecule has 0 radical (unpaired) electrons. The van der Waals surface area contributed by atoms with Crippen LogP contribution in [-0.2, 0) is 0 Å². The van der Waals surface area contributed by atoms with Crippen molar-refractivity contribution >= 4 is 11.7 Å². The summed E-state index contributed by atoms with van der Waals surface area (Å²) in [4.78, 5) is 21.0. The number of fused-ring (bicyclic) bond motifs is 1. The Kier molecular flexibility index (Phi) is 3.61. The third kappa shape index (κ3) is 2.38. The molecule has 5 heteroatoms. The number of hydrogen-bond acceptors (Lipinski definition) is 4. The van der Waals surface area contributed by atoms with E-state index in [2.05, 4.69) is 16.9 Å². The second-order valence-electron chi connectivity index (χ2n) is 5.93. The molecule has 0 spiro atoms. The van der Waals surface area contributed by atoms with Crippen LogP contribution in [0.3, 0.4) is 0 Å². The first-order chi connectivity index (χ1) is 9.66. The Labute approximate surface area is 119 Å². The van der Waals surface area contributed by atoms with Crippen molar-refractivity contribution in [1.29, 1.82) is 0 Å². The highest BCUT2D eigenvalue weighted by molar-refractivity contribution is 5.98. The minimum Gasteiger partial charge on any atom is -0.383 e. The number of hydrogen-bond donors (Lipinski definition) is 1. The van der Waals surface area contributed by atoms with E-state index in [1.165, 1.54) is 19.4 Å². The van der Waals surface area contributed by atoms with Gasteiger partial charge in [0.1, 0.15) is 5.82 Å². The monoisotopic (exact) mass is 274 g/mol. The molecule has 0 bridgehead atoms. The number of carbonyl (C=O) groups excluding carboxylic acids is 1. The first kappa shape index (κ1) is 13.4. The fourth-order valence-electron chi connectivity index (χ4n) is 3.61. The molecule has 2 fully saturated rings. The van der Waals surface area contributed by atoms with Crippen molar-refractivity contribution in [2.75, 3.05) is 32.4 Å². The maximum absolute atomic E-state index is 12.6. The molecule has 3 rings (SSSR count). The number of pyridine rings is 1. The van der Waals surface area contributed by atoms with Crippen LogP contribution in [0.2, 0.25) is 0 Å². The summed E-state index contributed by atoms with van der Waals surface area (Å²) in [5.74, 6) is 0.965. The normalized spacial score (nSPS) is 27.1. The Hall–Kier alpha value is -1.62. The number of piperidine rings is 2. The Morgan fingerprint density at radius 2 is 2.25 bits per heavy atom. The van der Waals surface area contributed by atoms with Crippen LogP contribution in [0, 0.1) is 5.92 Å². The van der Waals surface area contributed by atoms with Gasteiger partial charge in [0.05, 0.1) is 5.56 Å². The van der Waals surface area contributed by atoms with Crippen molar-refractivity contribution in [3.8, 4) is 0 Å². The van der Waals surface area contributed by atoms with E-state index in [0.29, 0.717) is 23.3 Å². The summed E-state index contributed by atoms with van der Waals surface area (Å²) in [6, 6.07) is 4.17. The lowest BCUT2D eigenvalue weighted by atomic mass is 9.84. The van der Waals surface area contributed by atoms with Crippen LogP contribution in [0.4, 0.5) is 5.82 Å². The number of anilines is 1. The summed E-state index contributed by atoms with van der Waals surface area (Å²) >= 11 is 0. The van der Waals surface area contributed by atoms with Crippen LogP contribution in [0.1, 0.15) is 29.6 Å². The molecule has 2 atom stereocenters. The van der Waals surface area contributed by atoms with Gasteiger partial charge >= 0.3 is 0 Å². The predicted molar refractivity (Wildman–Crippen MR) is 78.3 cm³/mol. The average molecular weight is 274 g/mol. The van der Waals surface area contributed by atoms with E-state index in [1.54, 1.807) is 18.3 Å². The van der Waals surface area contributed by atoms with Crippen molar-refractivity contribution < 1.29 is 4.79 Å². The lowest BCUT2D eigenvalue weighted by molar-refractivity contribution is 0.0317. The van der Waals surface area contributed by atoms with Gasteiger partial charge in [-0.3, -0.25) is 4.79 Å². The SMILES string of the molecule is CN1CCCC2CN(C(=O)c3cccnc3N)CCC21. The van der Waals surface area contributed by atoms with Gasteiger partial charge in [-0.25, -0.2) is 4.98 Å². The fourth-order valence-corrected chi connectivity index (χ4v) is 3.61. The van der Waals surface area contributed by atoms with E-state index < -0.39 is 0 Å². The summed E-state index contributed by atoms with van der Waals surface area (Å²) in [6.07, 6.45) is 5.14. The second-order valence-corrected chi connectivity index (χ2v) is 5.93. The number of amides is 1. The lowest BCUT2D eigenvalue weighted by Gasteiger charge is -2.46. The molecule has 2 N–H and O–H groups in total. The highest BCUT2D eigenvalue weighted by Gasteiger charge is 2.36. The minimum absolute atomic E-state index is 0.0299. The van der Waals surface area contributed by atoms with E-state index >= 15 is 0 Å². The lowest BCUT2D eigenvalue weighted by Crippen LogP contribution is -2.54. The molecule has 2 aliphatic rings. The highest BCUT2D eigenvalue weighted by Crippen LogP contribution is 2.30. The number of carbonyl (C=O) groups is 1. The molecule has 20 heavy (non-hydrogen) atoms. The van der Waals surface area contributed by atoms with Crippen LogP contribution in [0.15, 0.2) is 18.3 Å². The quantitative estimate of drug-likeness (QED) is 0.836. The third-order valence-corrected chi connectivity index (χ3v) is 4.70. The Morgan fingerprint density at radius 3 is 3.05 bits per heavy atom. The first-order valence-electron chi connectivity index (χ1n) is 7.37. The number of likely N-dealkylation sites (tertiary alicyclic amines) is 2. The summed E-state index contributed by atoms with van der Waals surface area (Å²) in [5.41, 5.74) is 6.35. The van der Waals surface area contributed by atoms with Gasteiger partial charge in [-0.1, -0.05) is 0 Å².